The summed E-state index contributed by atoms with van der Waals surface area (Å²) in [5.74, 6) is 0. The normalized spacial score (nSPS) is 32.1. The highest BCUT2D eigenvalue weighted by atomic mass is 32.2. The molecule has 19 heavy (non-hydrogen) atoms. The lowest BCUT2D eigenvalue weighted by Crippen LogP contribution is -2.60. The van der Waals surface area contributed by atoms with Crippen LogP contribution >= 0.6 is 0 Å². The molecule has 0 bridgehead atoms. The number of hydrogen-bond acceptors (Lipinski definition) is 3. The lowest BCUT2D eigenvalue weighted by Gasteiger charge is -2.48. The highest BCUT2D eigenvalue weighted by Crippen LogP contribution is 2.38. The van der Waals surface area contributed by atoms with Crippen LogP contribution in [0.3, 0.4) is 0 Å². The van der Waals surface area contributed by atoms with Crippen molar-refractivity contribution in [2.75, 3.05) is 19.6 Å². The topological polar surface area (TPSA) is 61.4 Å². The molecule has 1 spiro atoms. The molecule has 2 aliphatic heterocycles. The second-order valence-corrected chi connectivity index (χ2v) is 8.04. The molecule has 3 aliphatic rings. The van der Waals surface area contributed by atoms with Gasteiger partial charge in [-0.2, -0.15) is 17.4 Å². The predicted octanol–water partition coefficient (Wildman–Crippen LogP) is 0.981. The molecule has 1 saturated carbocycles. The third-order valence-corrected chi connectivity index (χ3v) is 6.59. The summed E-state index contributed by atoms with van der Waals surface area (Å²) in [6.45, 7) is 2.31. The minimum absolute atomic E-state index is 0.119. The third kappa shape index (κ3) is 2.96. The van der Waals surface area contributed by atoms with E-state index in [2.05, 4.69) is 10.0 Å². The van der Waals surface area contributed by atoms with Crippen molar-refractivity contribution in [3.8, 4) is 0 Å². The number of nitrogens with one attached hydrogen (secondary N) is 2. The molecule has 0 aromatic carbocycles. The van der Waals surface area contributed by atoms with Gasteiger partial charge in [0.1, 0.15) is 0 Å². The minimum atomic E-state index is -3.26. The lowest BCUT2D eigenvalue weighted by atomic mass is 9.70. The van der Waals surface area contributed by atoms with Crippen molar-refractivity contribution in [1.29, 1.82) is 0 Å². The third-order valence-electron chi connectivity index (χ3n) is 4.91. The zero-order valence-corrected chi connectivity index (χ0v) is 12.3. The molecule has 1 unspecified atom stereocenters. The van der Waals surface area contributed by atoms with Crippen LogP contribution in [0, 0.1) is 0 Å². The molecule has 0 amide bonds. The first-order chi connectivity index (χ1) is 9.10. The number of rotatable bonds is 3. The van der Waals surface area contributed by atoms with E-state index in [1.165, 1.54) is 19.3 Å². The Balaban J connectivity index is 1.60. The molecular formula is C13H25N3O2S. The molecule has 0 aromatic heterocycles. The van der Waals surface area contributed by atoms with Crippen LogP contribution in [0.15, 0.2) is 0 Å². The van der Waals surface area contributed by atoms with Crippen LogP contribution in [0.4, 0.5) is 0 Å². The number of nitrogens with zero attached hydrogens (tertiary/aromatic N) is 1. The molecule has 1 atom stereocenters. The Labute approximate surface area is 116 Å². The van der Waals surface area contributed by atoms with Crippen LogP contribution in [0.25, 0.3) is 0 Å². The first kappa shape index (κ1) is 13.8. The Kier molecular flexibility index (Phi) is 3.86. The van der Waals surface area contributed by atoms with Gasteiger partial charge in [-0.25, -0.2) is 0 Å². The molecule has 3 rings (SSSR count). The van der Waals surface area contributed by atoms with Gasteiger partial charge in [-0.15, -0.1) is 0 Å². The molecular weight excluding hydrogens is 262 g/mol. The molecule has 2 heterocycles. The van der Waals surface area contributed by atoms with E-state index in [-0.39, 0.29) is 11.6 Å². The van der Waals surface area contributed by atoms with E-state index in [4.69, 9.17) is 0 Å². The van der Waals surface area contributed by atoms with Gasteiger partial charge < -0.3 is 5.32 Å². The highest BCUT2D eigenvalue weighted by molar-refractivity contribution is 7.87. The van der Waals surface area contributed by atoms with Crippen LogP contribution in [-0.4, -0.2) is 43.9 Å². The van der Waals surface area contributed by atoms with E-state index in [0.717, 1.165) is 38.6 Å². The Bertz CT molecular complexity index is 414. The molecule has 110 valence electrons. The van der Waals surface area contributed by atoms with E-state index >= 15 is 0 Å². The fraction of sp³-hybridized carbons (Fsp3) is 1.00. The molecule has 5 nitrogen and oxygen atoms in total. The Morgan fingerprint density at radius 2 is 1.84 bits per heavy atom. The summed E-state index contributed by atoms with van der Waals surface area (Å²) >= 11 is 0. The largest absolute Gasteiger partial charge is 0.311 e. The van der Waals surface area contributed by atoms with Crippen LogP contribution in [0.1, 0.15) is 51.4 Å². The van der Waals surface area contributed by atoms with E-state index in [0.29, 0.717) is 13.1 Å². The van der Waals surface area contributed by atoms with Gasteiger partial charge in [0.05, 0.1) is 0 Å². The minimum Gasteiger partial charge on any atom is -0.311 e. The fourth-order valence-electron chi connectivity index (χ4n) is 3.63. The van der Waals surface area contributed by atoms with Crippen LogP contribution in [0.2, 0.25) is 0 Å². The first-order valence-corrected chi connectivity index (χ1v) is 9.06. The fourth-order valence-corrected chi connectivity index (χ4v) is 5.14. The van der Waals surface area contributed by atoms with Gasteiger partial charge in [0.15, 0.2) is 0 Å². The summed E-state index contributed by atoms with van der Waals surface area (Å²) in [6.07, 6.45) is 8.70. The van der Waals surface area contributed by atoms with Gasteiger partial charge in [0, 0.05) is 24.7 Å². The van der Waals surface area contributed by atoms with Crippen molar-refractivity contribution in [1.82, 2.24) is 14.3 Å². The molecule has 0 radical (unpaired) electrons. The Morgan fingerprint density at radius 1 is 1.11 bits per heavy atom. The second kappa shape index (κ2) is 5.31. The molecule has 0 aromatic rings. The zero-order chi connectivity index (χ0) is 13.3. The van der Waals surface area contributed by atoms with Gasteiger partial charge >= 0.3 is 0 Å². The quantitative estimate of drug-likeness (QED) is 0.813. The van der Waals surface area contributed by atoms with Crippen LogP contribution in [0.5, 0.6) is 0 Å². The average Bonchev–Trinajstić information content (AvgIpc) is 2.38. The van der Waals surface area contributed by atoms with Gasteiger partial charge in [-0.05, 0) is 51.5 Å². The smallest absolute Gasteiger partial charge is 0.279 e. The van der Waals surface area contributed by atoms with E-state index in [1.54, 1.807) is 4.31 Å². The summed E-state index contributed by atoms with van der Waals surface area (Å²) in [6, 6.07) is 0.119. The van der Waals surface area contributed by atoms with Crippen molar-refractivity contribution in [3.05, 3.63) is 0 Å². The standard InChI is InChI=1S/C13H25N3O2S/c17-19(18,16-9-2-1-3-10-16)15-12-5-8-14-13(11-12)6-4-7-13/h12,14-15H,1-11H2. The maximum atomic E-state index is 12.4. The summed E-state index contributed by atoms with van der Waals surface area (Å²) in [5, 5.41) is 3.58. The van der Waals surface area contributed by atoms with Gasteiger partial charge in [0.2, 0.25) is 0 Å². The zero-order valence-electron chi connectivity index (χ0n) is 11.5. The van der Waals surface area contributed by atoms with Gasteiger partial charge in [-0.1, -0.05) is 6.42 Å². The Morgan fingerprint density at radius 3 is 2.47 bits per heavy atom. The SMILES string of the molecule is O=S(=O)(NC1CCNC2(CCC2)C1)N1CCCCC1. The van der Waals surface area contributed by atoms with E-state index < -0.39 is 10.2 Å². The van der Waals surface area contributed by atoms with Crippen LogP contribution in [-0.2, 0) is 10.2 Å². The summed E-state index contributed by atoms with van der Waals surface area (Å²) in [7, 11) is -3.26. The van der Waals surface area contributed by atoms with Crippen molar-refractivity contribution in [2.45, 2.75) is 62.9 Å². The average molecular weight is 287 g/mol. The molecule has 2 saturated heterocycles. The number of hydrogen-bond donors (Lipinski definition) is 2. The Hall–Kier alpha value is -0.170. The second-order valence-electron chi connectivity index (χ2n) is 6.33. The molecule has 2 N–H and O–H groups in total. The highest BCUT2D eigenvalue weighted by Gasteiger charge is 2.42. The summed E-state index contributed by atoms with van der Waals surface area (Å²) in [5.41, 5.74) is 0.243. The molecule has 3 fully saturated rings. The number of piperidine rings is 2. The van der Waals surface area contributed by atoms with Gasteiger partial charge in [-0.3, -0.25) is 0 Å². The maximum absolute atomic E-state index is 12.4. The van der Waals surface area contributed by atoms with Gasteiger partial charge in [0.25, 0.3) is 10.2 Å². The molecule has 1 aliphatic carbocycles. The van der Waals surface area contributed by atoms with E-state index in [9.17, 15) is 8.42 Å². The monoisotopic (exact) mass is 287 g/mol. The van der Waals surface area contributed by atoms with Crippen molar-refractivity contribution in [3.63, 3.8) is 0 Å². The van der Waals surface area contributed by atoms with Crippen LogP contribution < -0.4 is 10.0 Å². The molecule has 6 heteroatoms. The first-order valence-electron chi connectivity index (χ1n) is 7.62. The maximum Gasteiger partial charge on any atom is 0.279 e. The van der Waals surface area contributed by atoms with Crippen molar-refractivity contribution < 1.29 is 8.42 Å². The summed E-state index contributed by atoms with van der Waals surface area (Å²) in [4.78, 5) is 0. The lowest BCUT2D eigenvalue weighted by molar-refractivity contribution is 0.125. The van der Waals surface area contributed by atoms with E-state index in [1.807, 2.05) is 0 Å². The van der Waals surface area contributed by atoms with Crippen molar-refractivity contribution >= 4 is 10.2 Å². The van der Waals surface area contributed by atoms with Crippen molar-refractivity contribution in [2.24, 2.45) is 0 Å². The summed E-state index contributed by atoms with van der Waals surface area (Å²) < 4.78 is 29.3. The predicted molar refractivity (Wildman–Crippen MR) is 75.1 cm³/mol.